The highest BCUT2D eigenvalue weighted by atomic mass is 16.1. The van der Waals surface area contributed by atoms with Gasteiger partial charge in [0, 0.05) is 11.6 Å². The molecule has 1 aliphatic carbocycles. The van der Waals surface area contributed by atoms with Crippen LogP contribution in [0.15, 0.2) is 24.3 Å². The molecule has 1 saturated carbocycles. The van der Waals surface area contributed by atoms with Gasteiger partial charge in [-0.3, -0.25) is 4.79 Å². The molecular weight excluding hydrogens is 282 g/mol. The van der Waals surface area contributed by atoms with Gasteiger partial charge in [-0.2, -0.15) is 0 Å². The molecule has 0 unspecified atom stereocenters. The monoisotopic (exact) mass is 315 g/mol. The SMILES string of the molecule is CCc1ccc(C(=O)NC2CCCCCCCCCCC2)cc1. The van der Waals surface area contributed by atoms with E-state index in [0.29, 0.717) is 6.04 Å². The predicted molar refractivity (Wildman–Crippen MR) is 97.9 cm³/mol. The second-order valence-electron chi connectivity index (χ2n) is 6.98. The quantitative estimate of drug-likeness (QED) is 0.767. The predicted octanol–water partition coefficient (Wildman–Crippen LogP) is 5.65. The Balaban J connectivity index is 1.86. The number of rotatable bonds is 3. The van der Waals surface area contributed by atoms with Crippen LogP contribution in [0.3, 0.4) is 0 Å². The highest BCUT2D eigenvalue weighted by Gasteiger charge is 2.14. The van der Waals surface area contributed by atoms with Gasteiger partial charge in [-0.15, -0.1) is 0 Å². The van der Waals surface area contributed by atoms with Gasteiger partial charge < -0.3 is 5.32 Å². The summed E-state index contributed by atoms with van der Waals surface area (Å²) in [5.74, 6) is 0.102. The molecule has 2 nitrogen and oxygen atoms in total. The fraction of sp³-hybridized carbons (Fsp3) is 0.667. The average Bonchev–Trinajstić information content (AvgIpc) is 2.57. The largest absolute Gasteiger partial charge is 0.349 e. The van der Waals surface area contributed by atoms with Gasteiger partial charge >= 0.3 is 0 Å². The molecule has 0 spiro atoms. The normalized spacial score (nSPS) is 18.7. The fourth-order valence-electron chi connectivity index (χ4n) is 3.47. The van der Waals surface area contributed by atoms with Crippen LogP contribution in [-0.4, -0.2) is 11.9 Å². The van der Waals surface area contributed by atoms with E-state index in [1.54, 1.807) is 0 Å². The Morgan fingerprint density at radius 3 is 1.83 bits per heavy atom. The summed E-state index contributed by atoms with van der Waals surface area (Å²) in [5.41, 5.74) is 2.08. The van der Waals surface area contributed by atoms with E-state index in [-0.39, 0.29) is 5.91 Å². The van der Waals surface area contributed by atoms with E-state index in [4.69, 9.17) is 0 Å². The van der Waals surface area contributed by atoms with Crippen LogP contribution in [0, 0.1) is 0 Å². The summed E-state index contributed by atoms with van der Waals surface area (Å²) < 4.78 is 0. The van der Waals surface area contributed by atoms with Crippen LogP contribution >= 0.6 is 0 Å². The number of carbonyl (C=O) groups excluding carboxylic acids is 1. The molecule has 1 amide bonds. The molecule has 1 fully saturated rings. The van der Waals surface area contributed by atoms with Crippen LogP contribution in [0.25, 0.3) is 0 Å². The molecule has 2 rings (SSSR count). The Morgan fingerprint density at radius 1 is 0.870 bits per heavy atom. The van der Waals surface area contributed by atoms with Crippen molar-refractivity contribution in [1.82, 2.24) is 5.32 Å². The maximum atomic E-state index is 12.5. The van der Waals surface area contributed by atoms with E-state index in [1.807, 2.05) is 12.1 Å². The van der Waals surface area contributed by atoms with Crippen molar-refractivity contribution < 1.29 is 4.79 Å². The first-order valence-corrected chi connectivity index (χ1v) is 9.69. The van der Waals surface area contributed by atoms with Crippen molar-refractivity contribution in [1.29, 1.82) is 0 Å². The summed E-state index contributed by atoms with van der Waals surface area (Å²) in [4.78, 5) is 12.5. The third-order valence-corrected chi connectivity index (χ3v) is 5.06. The highest BCUT2D eigenvalue weighted by molar-refractivity contribution is 5.94. The minimum Gasteiger partial charge on any atom is -0.349 e. The Hall–Kier alpha value is -1.31. The van der Waals surface area contributed by atoms with Gasteiger partial charge in [0.05, 0.1) is 0 Å². The summed E-state index contributed by atoms with van der Waals surface area (Å²) in [5, 5.41) is 3.29. The van der Waals surface area contributed by atoms with E-state index in [1.165, 1.54) is 63.4 Å². The number of benzene rings is 1. The summed E-state index contributed by atoms with van der Waals surface area (Å²) in [6.45, 7) is 2.14. The fourth-order valence-corrected chi connectivity index (χ4v) is 3.47. The van der Waals surface area contributed by atoms with Crippen molar-refractivity contribution in [2.24, 2.45) is 0 Å². The Labute approximate surface area is 142 Å². The summed E-state index contributed by atoms with van der Waals surface area (Å²) in [6, 6.07) is 8.41. The number of amides is 1. The molecule has 128 valence electrons. The van der Waals surface area contributed by atoms with E-state index < -0.39 is 0 Å². The number of nitrogens with one attached hydrogen (secondary N) is 1. The van der Waals surface area contributed by atoms with Gasteiger partial charge in [-0.25, -0.2) is 0 Å². The van der Waals surface area contributed by atoms with E-state index in [9.17, 15) is 4.79 Å². The minimum atomic E-state index is 0.102. The molecule has 1 aliphatic rings. The first kappa shape index (κ1) is 18.0. The second kappa shape index (κ2) is 10.5. The van der Waals surface area contributed by atoms with Crippen molar-refractivity contribution in [2.75, 3.05) is 0 Å². The van der Waals surface area contributed by atoms with Gasteiger partial charge in [-0.05, 0) is 37.0 Å². The first-order valence-electron chi connectivity index (χ1n) is 9.69. The zero-order chi connectivity index (χ0) is 16.3. The number of hydrogen-bond donors (Lipinski definition) is 1. The van der Waals surface area contributed by atoms with Crippen LogP contribution in [0.1, 0.15) is 93.5 Å². The Bertz CT molecular complexity index is 439. The number of carbonyl (C=O) groups is 1. The van der Waals surface area contributed by atoms with Crippen molar-refractivity contribution in [3.8, 4) is 0 Å². The molecular formula is C21H33NO. The van der Waals surface area contributed by atoms with Crippen molar-refractivity contribution in [2.45, 2.75) is 90.0 Å². The first-order chi connectivity index (χ1) is 11.3. The second-order valence-corrected chi connectivity index (χ2v) is 6.98. The average molecular weight is 316 g/mol. The zero-order valence-electron chi connectivity index (χ0n) is 14.8. The van der Waals surface area contributed by atoms with Crippen LogP contribution in [-0.2, 0) is 6.42 Å². The summed E-state index contributed by atoms with van der Waals surface area (Å²) in [7, 11) is 0. The lowest BCUT2D eigenvalue weighted by atomic mass is 9.97. The zero-order valence-corrected chi connectivity index (χ0v) is 14.8. The van der Waals surface area contributed by atoms with Gasteiger partial charge in [0.2, 0.25) is 0 Å². The van der Waals surface area contributed by atoms with Gasteiger partial charge in [-0.1, -0.05) is 76.8 Å². The van der Waals surface area contributed by atoms with E-state index in [2.05, 4.69) is 24.4 Å². The molecule has 1 N–H and O–H groups in total. The van der Waals surface area contributed by atoms with Crippen molar-refractivity contribution >= 4 is 5.91 Å². The molecule has 0 saturated heterocycles. The van der Waals surface area contributed by atoms with Crippen molar-refractivity contribution in [3.63, 3.8) is 0 Å². The molecule has 1 aromatic rings. The molecule has 0 aromatic heterocycles. The van der Waals surface area contributed by atoms with Crippen LogP contribution in [0.5, 0.6) is 0 Å². The Kier molecular flexibility index (Phi) is 8.20. The molecule has 0 atom stereocenters. The van der Waals surface area contributed by atoms with Crippen molar-refractivity contribution in [3.05, 3.63) is 35.4 Å². The van der Waals surface area contributed by atoms with Gasteiger partial charge in [0.25, 0.3) is 5.91 Å². The van der Waals surface area contributed by atoms with E-state index in [0.717, 1.165) is 24.8 Å². The lowest BCUT2D eigenvalue weighted by Crippen LogP contribution is -2.34. The summed E-state index contributed by atoms with van der Waals surface area (Å²) in [6.07, 6.45) is 15.3. The van der Waals surface area contributed by atoms with Crippen LogP contribution in [0.4, 0.5) is 0 Å². The van der Waals surface area contributed by atoms with E-state index >= 15 is 0 Å². The molecule has 0 radical (unpaired) electrons. The maximum Gasteiger partial charge on any atom is 0.251 e. The smallest absolute Gasteiger partial charge is 0.251 e. The molecule has 1 aromatic carbocycles. The summed E-state index contributed by atoms with van der Waals surface area (Å²) >= 11 is 0. The van der Waals surface area contributed by atoms with Crippen LogP contribution in [0.2, 0.25) is 0 Å². The third kappa shape index (κ3) is 6.76. The maximum absolute atomic E-state index is 12.5. The van der Waals surface area contributed by atoms with Gasteiger partial charge in [0.1, 0.15) is 0 Å². The lowest BCUT2D eigenvalue weighted by Gasteiger charge is -2.19. The Morgan fingerprint density at radius 2 is 1.35 bits per heavy atom. The molecule has 0 aliphatic heterocycles. The molecule has 0 heterocycles. The topological polar surface area (TPSA) is 29.1 Å². The number of hydrogen-bond acceptors (Lipinski definition) is 1. The standard InChI is InChI=1S/C21H33NO/c1-2-18-14-16-19(17-15-18)21(23)22-20-12-10-8-6-4-3-5-7-9-11-13-20/h14-17,20H,2-13H2,1H3,(H,22,23). The molecule has 2 heteroatoms. The molecule has 23 heavy (non-hydrogen) atoms. The van der Waals surface area contributed by atoms with Gasteiger partial charge in [0.15, 0.2) is 0 Å². The third-order valence-electron chi connectivity index (χ3n) is 5.06. The molecule has 0 bridgehead atoms. The highest BCUT2D eigenvalue weighted by Crippen LogP contribution is 2.17. The minimum absolute atomic E-state index is 0.102. The lowest BCUT2D eigenvalue weighted by molar-refractivity contribution is 0.0931. The number of aryl methyl sites for hydroxylation is 1. The van der Waals surface area contributed by atoms with Crippen LogP contribution < -0.4 is 5.32 Å².